The summed E-state index contributed by atoms with van der Waals surface area (Å²) in [5, 5.41) is 6.67. The minimum atomic E-state index is -3.57. The van der Waals surface area contributed by atoms with Crippen molar-refractivity contribution in [3.63, 3.8) is 0 Å². The van der Waals surface area contributed by atoms with Crippen LogP contribution in [0.15, 0.2) is 79.3 Å². The first-order valence-electron chi connectivity index (χ1n) is 12.0. The molecule has 0 amide bonds. The smallest absolute Gasteiger partial charge is 0.357 e. The molecule has 0 saturated carbocycles. The van der Waals surface area contributed by atoms with Crippen LogP contribution in [0.3, 0.4) is 0 Å². The average molecular weight is 519 g/mol. The van der Waals surface area contributed by atoms with Crippen LogP contribution in [0.5, 0.6) is 0 Å². The fraction of sp³-hybridized carbons (Fsp3) is 0.222. The molecule has 4 aromatic rings. The van der Waals surface area contributed by atoms with Gasteiger partial charge in [0.15, 0.2) is 5.78 Å². The second kappa shape index (κ2) is 12.0. The Hall–Kier alpha value is -3.78. The number of anilines is 4. The molecule has 1 atom stereocenters. The number of aromatic nitrogens is 3. The largest absolute Gasteiger partial charge is 0.399 e. The highest BCUT2D eigenvalue weighted by Gasteiger charge is 2.37. The molecular weight excluding hydrogens is 487 g/mol. The van der Waals surface area contributed by atoms with Crippen LogP contribution < -0.4 is 16.4 Å². The Morgan fingerprint density at radius 1 is 1.00 bits per heavy atom. The molecule has 4 rings (SSSR count). The van der Waals surface area contributed by atoms with Gasteiger partial charge in [-0.2, -0.15) is 0 Å². The Labute approximate surface area is 217 Å². The molecule has 0 aliphatic carbocycles. The molecule has 0 aliphatic heterocycles. The molecular formula is C27H31N6O3P. The van der Waals surface area contributed by atoms with Gasteiger partial charge < -0.3 is 25.4 Å². The van der Waals surface area contributed by atoms with Crippen LogP contribution in [0, 0.1) is 6.92 Å². The van der Waals surface area contributed by atoms with Gasteiger partial charge in [0.05, 0.1) is 18.9 Å². The highest BCUT2D eigenvalue weighted by atomic mass is 31.2. The van der Waals surface area contributed by atoms with Gasteiger partial charge in [0.1, 0.15) is 0 Å². The summed E-state index contributed by atoms with van der Waals surface area (Å²) in [6.07, 6.45) is 5.18. The van der Waals surface area contributed by atoms with Crippen molar-refractivity contribution in [2.75, 3.05) is 29.6 Å². The summed E-state index contributed by atoms with van der Waals surface area (Å²) in [7, 11) is -3.57. The molecule has 9 nitrogen and oxygen atoms in total. The molecule has 0 saturated heterocycles. The molecule has 4 N–H and O–H groups in total. The lowest BCUT2D eigenvalue weighted by Gasteiger charge is -2.28. The van der Waals surface area contributed by atoms with Crippen molar-refractivity contribution in [3.8, 4) is 11.3 Å². The lowest BCUT2D eigenvalue weighted by atomic mass is 10.1. The van der Waals surface area contributed by atoms with Crippen LogP contribution >= 0.6 is 7.60 Å². The molecule has 10 heteroatoms. The standard InChI is InChI=1S/C27H31N6O3P/c1-4-35-37(34,36-5-2)26(20-9-11-22(28)12-10-20)31-23-13-8-19(3)25(17-23)33-27-30-16-14-24(32-27)21-7-6-15-29-18-21/h6-18,26,31H,4-5,28H2,1-3H3,(H,30,32,33). The van der Waals surface area contributed by atoms with Crippen molar-refractivity contribution < 1.29 is 13.6 Å². The first kappa shape index (κ1) is 26.3. The predicted octanol–water partition coefficient (Wildman–Crippen LogP) is 6.55. The van der Waals surface area contributed by atoms with E-state index in [4.69, 9.17) is 14.8 Å². The Morgan fingerprint density at radius 3 is 2.43 bits per heavy atom. The zero-order valence-corrected chi connectivity index (χ0v) is 22.0. The van der Waals surface area contributed by atoms with Gasteiger partial charge in [-0.1, -0.05) is 18.2 Å². The maximum atomic E-state index is 13.8. The molecule has 0 bridgehead atoms. The topological polar surface area (TPSA) is 124 Å². The van der Waals surface area contributed by atoms with E-state index in [0.717, 1.165) is 33.8 Å². The molecule has 0 aliphatic rings. The van der Waals surface area contributed by atoms with Crippen LogP contribution in [-0.2, 0) is 13.6 Å². The van der Waals surface area contributed by atoms with Crippen LogP contribution in [-0.4, -0.2) is 28.2 Å². The minimum Gasteiger partial charge on any atom is -0.399 e. The SMILES string of the molecule is CCOP(=O)(OCC)C(Nc1ccc(C)c(Nc2nccc(-c3cccnc3)n2)c1)c1ccc(N)cc1. The summed E-state index contributed by atoms with van der Waals surface area (Å²) in [4.78, 5) is 13.2. The Balaban J connectivity index is 1.65. The molecule has 2 heterocycles. The molecule has 0 fully saturated rings. The van der Waals surface area contributed by atoms with E-state index >= 15 is 0 Å². The number of nitrogen functional groups attached to an aromatic ring is 1. The Morgan fingerprint density at radius 2 is 1.76 bits per heavy atom. The van der Waals surface area contributed by atoms with E-state index in [1.54, 1.807) is 44.6 Å². The van der Waals surface area contributed by atoms with E-state index < -0.39 is 13.4 Å². The predicted molar refractivity (Wildman–Crippen MR) is 148 cm³/mol. The Kier molecular flexibility index (Phi) is 8.50. The first-order valence-corrected chi connectivity index (χ1v) is 13.6. The third-order valence-electron chi connectivity index (χ3n) is 5.59. The second-order valence-corrected chi connectivity index (χ2v) is 10.4. The number of nitrogens with one attached hydrogen (secondary N) is 2. The molecule has 2 aromatic heterocycles. The third kappa shape index (κ3) is 6.51. The van der Waals surface area contributed by atoms with Crippen LogP contribution in [0.25, 0.3) is 11.3 Å². The molecule has 37 heavy (non-hydrogen) atoms. The maximum absolute atomic E-state index is 13.8. The van der Waals surface area contributed by atoms with Crippen LogP contribution in [0.1, 0.15) is 30.8 Å². The highest BCUT2D eigenvalue weighted by molar-refractivity contribution is 7.54. The van der Waals surface area contributed by atoms with Gasteiger partial charge in [0.25, 0.3) is 0 Å². The fourth-order valence-corrected chi connectivity index (χ4v) is 5.73. The van der Waals surface area contributed by atoms with Gasteiger partial charge in [-0.3, -0.25) is 9.55 Å². The number of aryl methyl sites for hydroxylation is 1. The summed E-state index contributed by atoms with van der Waals surface area (Å²) in [6, 6.07) is 18.6. The summed E-state index contributed by atoms with van der Waals surface area (Å²) in [5.41, 5.74) is 11.4. The van der Waals surface area contributed by atoms with Gasteiger partial charge in [-0.25, -0.2) is 9.97 Å². The van der Waals surface area contributed by atoms with Gasteiger partial charge in [0, 0.05) is 41.2 Å². The number of hydrogen-bond donors (Lipinski definition) is 3. The van der Waals surface area contributed by atoms with Crippen LogP contribution in [0.4, 0.5) is 23.0 Å². The number of pyridine rings is 1. The fourth-order valence-electron chi connectivity index (χ4n) is 3.79. The van der Waals surface area contributed by atoms with E-state index in [1.807, 2.05) is 55.5 Å². The molecule has 0 radical (unpaired) electrons. The Bertz CT molecular complexity index is 1360. The molecule has 1 unspecified atom stereocenters. The molecule has 2 aromatic carbocycles. The van der Waals surface area contributed by atoms with E-state index in [1.165, 1.54) is 0 Å². The van der Waals surface area contributed by atoms with E-state index in [0.29, 0.717) is 11.6 Å². The zero-order valence-electron chi connectivity index (χ0n) is 21.1. The third-order valence-corrected chi connectivity index (χ3v) is 7.88. The lowest BCUT2D eigenvalue weighted by Crippen LogP contribution is -2.15. The van der Waals surface area contributed by atoms with Crippen molar-refractivity contribution in [1.82, 2.24) is 15.0 Å². The lowest BCUT2D eigenvalue weighted by molar-refractivity contribution is 0.214. The molecule has 0 spiro atoms. The summed E-state index contributed by atoms with van der Waals surface area (Å²) in [5.74, 6) is -0.292. The van der Waals surface area contributed by atoms with Gasteiger partial charge in [-0.15, -0.1) is 0 Å². The quantitative estimate of drug-likeness (QED) is 0.150. The summed E-state index contributed by atoms with van der Waals surface area (Å²) >= 11 is 0. The van der Waals surface area contributed by atoms with Crippen molar-refractivity contribution in [3.05, 3.63) is 90.4 Å². The molecule has 192 valence electrons. The second-order valence-electron chi connectivity index (χ2n) is 8.25. The number of hydrogen-bond acceptors (Lipinski definition) is 9. The average Bonchev–Trinajstić information content (AvgIpc) is 2.90. The van der Waals surface area contributed by atoms with E-state index in [-0.39, 0.29) is 13.2 Å². The van der Waals surface area contributed by atoms with E-state index in [2.05, 4.69) is 25.6 Å². The normalized spacial score (nSPS) is 12.2. The summed E-state index contributed by atoms with van der Waals surface area (Å²) in [6.45, 7) is 6.06. The summed E-state index contributed by atoms with van der Waals surface area (Å²) < 4.78 is 25.2. The zero-order chi connectivity index (χ0) is 26.3. The monoisotopic (exact) mass is 518 g/mol. The maximum Gasteiger partial charge on any atom is 0.357 e. The number of nitrogens with two attached hydrogens (primary N) is 1. The van der Waals surface area contributed by atoms with Gasteiger partial charge >= 0.3 is 7.60 Å². The first-order chi connectivity index (χ1) is 17.9. The van der Waals surface area contributed by atoms with Crippen molar-refractivity contribution in [2.45, 2.75) is 26.6 Å². The minimum absolute atomic E-state index is 0.246. The number of rotatable bonds is 11. The van der Waals surface area contributed by atoms with Crippen molar-refractivity contribution >= 4 is 30.6 Å². The van der Waals surface area contributed by atoms with Crippen LogP contribution in [0.2, 0.25) is 0 Å². The highest BCUT2D eigenvalue weighted by Crippen LogP contribution is 2.60. The van der Waals surface area contributed by atoms with E-state index in [9.17, 15) is 4.57 Å². The van der Waals surface area contributed by atoms with Crippen molar-refractivity contribution in [2.24, 2.45) is 0 Å². The van der Waals surface area contributed by atoms with Gasteiger partial charge in [0.2, 0.25) is 5.95 Å². The number of benzene rings is 2. The number of nitrogens with zero attached hydrogens (tertiary/aromatic N) is 3. The van der Waals surface area contributed by atoms with Gasteiger partial charge in [-0.05, 0) is 74.4 Å². The van der Waals surface area contributed by atoms with Crippen molar-refractivity contribution in [1.29, 1.82) is 0 Å².